The van der Waals surface area contributed by atoms with Crippen molar-refractivity contribution in [1.29, 1.82) is 0 Å². The summed E-state index contributed by atoms with van der Waals surface area (Å²) >= 11 is 0. The lowest BCUT2D eigenvalue weighted by molar-refractivity contribution is -0.201. The van der Waals surface area contributed by atoms with Crippen molar-refractivity contribution in [2.24, 2.45) is 0 Å². The van der Waals surface area contributed by atoms with Crippen LogP contribution in [0, 0.1) is 0 Å². The van der Waals surface area contributed by atoms with Crippen LogP contribution in [0.15, 0.2) is 30.9 Å². The second-order valence-electron chi connectivity index (χ2n) is 6.04. The molecular formula is C16H18N6O3. The molecule has 0 radical (unpaired) electrons. The summed E-state index contributed by atoms with van der Waals surface area (Å²) in [5, 5.41) is 5.67. The first-order valence-electron chi connectivity index (χ1n) is 8.26. The minimum absolute atomic E-state index is 0.179. The summed E-state index contributed by atoms with van der Waals surface area (Å²) in [5.74, 6) is -0.431. The first-order valence-corrected chi connectivity index (χ1v) is 8.26. The number of amides is 2. The van der Waals surface area contributed by atoms with Crippen LogP contribution in [0.1, 0.15) is 35.1 Å². The van der Waals surface area contributed by atoms with Gasteiger partial charge in [0.05, 0.1) is 31.6 Å². The molecule has 1 saturated heterocycles. The van der Waals surface area contributed by atoms with Gasteiger partial charge in [-0.15, -0.1) is 0 Å². The van der Waals surface area contributed by atoms with E-state index in [2.05, 4.69) is 15.1 Å². The Hall–Kier alpha value is -2.81. The van der Waals surface area contributed by atoms with Crippen LogP contribution in [0.25, 0.3) is 0 Å². The Morgan fingerprint density at radius 2 is 2.12 bits per heavy atom. The third-order valence-electron chi connectivity index (χ3n) is 4.40. The van der Waals surface area contributed by atoms with Gasteiger partial charge in [-0.1, -0.05) is 0 Å². The molecule has 130 valence electrons. The van der Waals surface area contributed by atoms with Gasteiger partial charge in [-0.05, 0) is 18.9 Å². The van der Waals surface area contributed by atoms with Crippen molar-refractivity contribution in [3.8, 4) is 0 Å². The molecule has 1 fully saturated rings. The number of fused-ring (bicyclic) bond motifs is 1. The summed E-state index contributed by atoms with van der Waals surface area (Å²) in [5.41, 5.74) is 1.06. The fraction of sp³-hybridized carbons (Fsp3) is 0.438. The number of nitrogens with zero attached hydrogens (tertiary/aromatic N) is 6. The van der Waals surface area contributed by atoms with Crippen LogP contribution in [0.4, 0.5) is 0 Å². The van der Waals surface area contributed by atoms with Crippen molar-refractivity contribution in [2.45, 2.75) is 25.4 Å². The molecule has 0 aliphatic carbocycles. The largest absolute Gasteiger partial charge is 0.329 e. The van der Waals surface area contributed by atoms with E-state index in [1.54, 1.807) is 15.8 Å². The van der Waals surface area contributed by atoms with E-state index in [1.165, 1.54) is 23.7 Å². The van der Waals surface area contributed by atoms with E-state index in [0.717, 1.165) is 18.5 Å². The molecule has 0 bridgehead atoms. The molecule has 0 saturated carbocycles. The van der Waals surface area contributed by atoms with Gasteiger partial charge in [-0.2, -0.15) is 5.10 Å². The summed E-state index contributed by atoms with van der Waals surface area (Å²) in [6.07, 6.45) is 7.92. The molecule has 2 aliphatic heterocycles. The van der Waals surface area contributed by atoms with Crippen molar-refractivity contribution >= 4 is 11.8 Å². The lowest BCUT2D eigenvalue weighted by Crippen LogP contribution is -2.49. The Labute approximate surface area is 144 Å². The Morgan fingerprint density at radius 3 is 2.88 bits per heavy atom. The number of aromatic nitrogens is 4. The zero-order valence-electron chi connectivity index (χ0n) is 13.6. The van der Waals surface area contributed by atoms with Crippen molar-refractivity contribution in [2.75, 3.05) is 19.7 Å². The average molecular weight is 342 g/mol. The molecule has 9 nitrogen and oxygen atoms in total. The maximum absolute atomic E-state index is 12.9. The predicted octanol–water partition coefficient (Wildman–Crippen LogP) is 0.424. The lowest BCUT2D eigenvalue weighted by atomic mass is 10.1. The third kappa shape index (κ3) is 2.98. The highest BCUT2D eigenvalue weighted by atomic mass is 16.7. The second kappa shape index (κ2) is 6.60. The molecule has 0 spiro atoms. The number of carbonyl (C=O) groups excluding carboxylic acids is 2. The van der Waals surface area contributed by atoms with Gasteiger partial charge in [0.15, 0.2) is 6.04 Å². The SMILES string of the molecule is O=C(c1cnccn1)N1Cc2ccnn2C(C(=O)N2CCCCO2)C1. The zero-order valence-corrected chi connectivity index (χ0v) is 13.6. The summed E-state index contributed by atoms with van der Waals surface area (Å²) in [7, 11) is 0. The topological polar surface area (TPSA) is 93.5 Å². The van der Waals surface area contributed by atoms with Crippen LogP contribution in [0.3, 0.4) is 0 Å². The van der Waals surface area contributed by atoms with Crippen LogP contribution >= 0.6 is 0 Å². The van der Waals surface area contributed by atoms with E-state index >= 15 is 0 Å². The maximum Gasteiger partial charge on any atom is 0.274 e. The van der Waals surface area contributed by atoms with E-state index in [9.17, 15) is 9.59 Å². The Morgan fingerprint density at radius 1 is 1.20 bits per heavy atom. The van der Waals surface area contributed by atoms with Crippen LogP contribution in [-0.2, 0) is 16.2 Å². The number of hydrogen-bond acceptors (Lipinski definition) is 6. The van der Waals surface area contributed by atoms with Crippen molar-refractivity contribution in [3.63, 3.8) is 0 Å². The lowest BCUT2D eigenvalue weighted by Gasteiger charge is -2.36. The van der Waals surface area contributed by atoms with Crippen molar-refractivity contribution in [3.05, 3.63) is 42.2 Å². The second-order valence-corrected chi connectivity index (χ2v) is 6.04. The molecule has 4 heterocycles. The molecule has 2 aliphatic rings. The highest BCUT2D eigenvalue weighted by Crippen LogP contribution is 2.24. The number of hydrogen-bond donors (Lipinski definition) is 0. The van der Waals surface area contributed by atoms with Gasteiger partial charge in [0, 0.05) is 25.1 Å². The fourth-order valence-electron chi connectivity index (χ4n) is 3.14. The molecule has 9 heteroatoms. The Bertz CT molecular complexity index is 771. The fourth-order valence-corrected chi connectivity index (χ4v) is 3.14. The maximum atomic E-state index is 12.9. The van der Waals surface area contributed by atoms with E-state index in [1.807, 2.05) is 6.07 Å². The van der Waals surface area contributed by atoms with E-state index in [0.29, 0.717) is 19.7 Å². The van der Waals surface area contributed by atoms with Gasteiger partial charge in [0.1, 0.15) is 5.69 Å². The molecule has 4 rings (SSSR count). The minimum Gasteiger partial charge on any atom is -0.329 e. The monoisotopic (exact) mass is 342 g/mol. The standard InChI is InChI=1S/C16H18N6O3/c23-15(13-9-17-5-6-18-13)20-10-12-3-4-19-22(12)14(11-20)16(24)21-7-1-2-8-25-21/h3-6,9,14H,1-2,7-8,10-11H2. The molecule has 2 aromatic heterocycles. The van der Waals surface area contributed by atoms with Crippen molar-refractivity contribution < 1.29 is 14.4 Å². The van der Waals surface area contributed by atoms with Gasteiger partial charge < -0.3 is 4.90 Å². The summed E-state index contributed by atoms with van der Waals surface area (Å²) < 4.78 is 1.68. The first-order chi connectivity index (χ1) is 12.2. The molecule has 2 amide bonds. The van der Waals surface area contributed by atoms with Crippen LogP contribution in [0.5, 0.6) is 0 Å². The average Bonchev–Trinajstić information content (AvgIpc) is 3.16. The highest BCUT2D eigenvalue weighted by molar-refractivity contribution is 5.92. The predicted molar refractivity (Wildman–Crippen MR) is 84.9 cm³/mol. The molecule has 0 N–H and O–H groups in total. The summed E-state index contributed by atoms with van der Waals surface area (Å²) in [6.45, 7) is 1.69. The normalized spacial score (nSPS) is 20.2. The summed E-state index contributed by atoms with van der Waals surface area (Å²) in [4.78, 5) is 40.7. The molecular weight excluding hydrogens is 324 g/mol. The third-order valence-corrected chi connectivity index (χ3v) is 4.40. The minimum atomic E-state index is -0.600. The zero-order chi connectivity index (χ0) is 17.2. The van der Waals surface area contributed by atoms with Gasteiger partial charge in [-0.3, -0.25) is 24.1 Å². The smallest absolute Gasteiger partial charge is 0.274 e. The van der Waals surface area contributed by atoms with E-state index in [-0.39, 0.29) is 24.1 Å². The number of hydroxylamine groups is 2. The summed E-state index contributed by atoms with van der Waals surface area (Å²) in [6, 6.07) is 1.21. The molecule has 2 aromatic rings. The van der Waals surface area contributed by atoms with Gasteiger partial charge in [0.25, 0.3) is 11.8 Å². The van der Waals surface area contributed by atoms with Crippen LogP contribution < -0.4 is 0 Å². The molecule has 1 atom stereocenters. The van der Waals surface area contributed by atoms with Gasteiger partial charge >= 0.3 is 0 Å². The van der Waals surface area contributed by atoms with Gasteiger partial charge in [-0.25, -0.2) is 10.0 Å². The van der Waals surface area contributed by atoms with E-state index < -0.39 is 6.04 Å². The molecule has 0 aromatic carbocycles. The Kier molecular flexibility index (Phi) is 4.14. The van der Waals surface area contributed by atoms with Crippen LogP contribution in [-0.4, -0.2) is 61.2 Å². The quantitative estimate of drug-likeness (QED) is 0.785. The number of carbonyl (C=O) groups is 2. The van der Waals surface area contributed by atoms with Crippen molar-refractivity contribution in [1.82, 2.24) is 29.7 Å². The molecule has 1 unspecified atom stereocenters. The highest BCUT2D eigenvalue weighted by Gasteiger charge is 2.37. The number of rotatable bonds is 2. The van der Waals surface area contributed by atoms with Crippen LogP contribution in [0.2, 0.25) is 0 Å². The molecule has 25 heavy (non-hydrogen) atoms. The van der Waals surface area contributed by atoms with Gasteiger partial charge in [0.2, 0.25) is 0 Å². The van der Waals surface area contributed by atoms with E-state index in [4.69, 9.17) is 4.84 Å². The Balaban J connectivity index is 1.59. The first kappa shape index (κ1) is 15.7.